The molecule has 1 aliphatic heterocycles. The summed E-state index contributed by atoms with van der Waals surface area (Å²) in [6.07, 6.45) is 3.04. The number of imidazole rings is 1. The number of hydrogen-bond donors (Lipinski definition) is 1. The van der Waals surface area contributed by atoms with Gasteiger partial charge in [0.25, 0.3) is 0 Å². The number of rotatable bonds is 5. The number of nitrogens with one attached hydrogen (secondary N) is 1. The van der Waals surface area contributed by atoms with Gasteiger partial charge in [-0.25, -0.2) is 4.98 Å². The first-order chi connectivity index (χ1) is 11.6. The normalized spacial score (nSPS) is 16.6. The van der Waals surface area contributed by atoms with Crippen LogP contribution >= 0.6 is 0 Å². The van der Waals surface area contributed by atoms with Crippen LogP contribution in [0, 0.1) is 5.92 Å². The first-order valence-electron chi connectivity index (χ1n) is 9.12. The minimum atomic E-state index is 0.0342. The molecule has 0 unspecified atom stereocenters. The van der Waals surface area contributed by atoms with E-state index in [-0.39, 0.29) is 5.91 Å². The van der Waals surface area contributed by atoms with Gasteiger partial charge in [-0.1, -0.05) is 13.8 Å². The largest absolute Gasteiger partial charge is 0.327 e. The lowest BCUT2D eigenvalue weighted by atomic mass is 9.99. The van der Waals surface area contributed by atoms with Gasteiger partial charge in [-0.3, -0.25) is 9.69 Å². The second kappa shape index (κ2) is 7.34. The van der Waals surface area contributed by atoms with E-state index in [9.17, 15) is 4.79 Å². The topological polar surface area (TPSA) is 50.2 Å². The smallest absolute Gasteiger partial charge is 0.224 e. The van der Waals surface area contributed by atoms with E-state index >= 15 is 0 Å². The Hall–Kier alpha value is -1.88. The highest BCUT2D eigenvalue weighted by molar-refractivity contribution is 5.92. The molecule has 2 heterocycles. The molecule has 2 aromatic rings. The zero-order valence-corrected chi connectivity index (χ0v) is 15.0. The number of amides is 1. The average molecular weight is 328 g/mol. The Bertz CT molecular complexity index is 713. The zero-order valence-electron chi connectivity index (χ0n) is 15.0. The summed E-state index contributed by atoms with van der Waals surface area (Å²) in [7, 11) is 0. The SMILES string of the molecule is CCC(=O)Nc1ccc2c(c1)nc(CN1CCC(C)CC1)n2CC. The van der Waals surface area contributed by atoms with Crippen molar-refractivity contribution in [1.29, 1.82) is 0 Å². The van der Waals surface area contributed by atoms with Crippen LogP contribution in [0.1, 0.15) is 45.9 Å². The van der Waals surface area contributed by atoms with E-state index in [1.807, 2.05) is 19.1 Å². The number of piperidine rings is 1. The fourth-order valence-corrected chi connectivity index (χ4v) is 3.40. The summed E-state index contributed by atoms with van der Waals surface area (Å²) in [5.41, 5.74) is 2.94. The van der Waals surface area contributed by atoms with Crippen molar-refractivity contribution in [1.82, 2.24) is 14.5 Å². The van der Waals surface area contributed by atoms with Crippen LogP contribution in [0.15, 0.2) is 18.2 Å². The number of fused-ring (bicyclic) bond motifs is 1. The molecule has 5 heteroatoms. The van der Waals surface area contributed by atoms with Crippen LogP contribution in [0.4, 0.5) is 5.69 Å². The van der Waals surface area contributed by atoms with Gasteiger partial charge in [0.05, 0.1) is 17.6 Å². The molecular weight excluding hydrogens is 300 g/mol. The molecule has 24 heavy (non-hydrogen) atoms. The summed E-state index contributed by atoms with van der Waals surface area (Å²) in [4.78, 5) is 19.0. The van der Waals surface area contributed by atoms with Gasteiger partial charge in [0.2, 0.25) is 5.91 Å². The molecule has 0 radical (unpaired) electrons. The molecule has 0 atom stereocenters. The standard InChI is InChI=1S/C19H28N4O/c1-4-19(24)20-15-6-7-17-16(12-15)21-18(23(17)5-2)13-22-10-8-14(3)9-11-22/h6-7,12,14H,4-5,8-11,13H2,1-3H3,(H,20,24). The highest BCUT2D eigenvalue weighted by Gasteiger charge is 2.19. The van der Waals surface area contributed by atoms with Crippen LogP contribution < -0.4 is 5.32 Å². The molecule has 1 N–H and O–H groups in total. The molecule has 1 aromatic heterocycles. The molecule has 5 nitrogen and oxygen atoms in total. The molecule has 0 bridgehead atoms. The second-order valence-corrected chi connectivity index (χ2v) is 6.84. The summed E-state index contributed by atoms with van der Waals surface area (Å²) in [6.45, 7) is 10.5. The maximum atomic E-state index is 11.6. The van der Waals surface area contributed by atoms with Crippen LogP contribution in [0.5, 0.6) is 0 Å². The lowest BCUT2D eigenvalue weighted by molar-refractivity contribution is -0.115. The number of aryl methyl sites for hydroxylation is 1. The van der Waals surface area contributed by atoms with Crippen LogP contribution in [0.25, 0.3) is 11.0 Å². The summed E-state index contributed by atoms with van der Waals surface area (Å²) >= 11 is 0. The van der Waals surface area contributed by atoms with Crippen LogP contribution in [0.3, 0.4) is 0 Å². The molecule has 0 aliphatic carbocycles. The Morgan fingerprint density at radius 2 is 2.04 bits per heavy atom. The second-order valence-electron chi connectivity index (χ2n) is 6.84. The molecule has 0 spiro atoms. The van der Waals surface area contributed by atoms with Crippen molar-refractivity contribution in [2.45, 2.75) is 53.1 Å². The maximum Gasteiger partial charge on any atom is 0.224 e. The number of aromatic nitrogens is 2. The van der Waals surface area contributed by atoms with Crippen LogP contribution in [0.2, 0.25) is 0 Å². The van der Waals surface area contributed by atoms with Crippen molar-refractivity contribution in [3.63, 3.8) is 0 Å². The molecular formula is C19H28N4O. The highest BCUT2D eigenvalue weighted by atomic mass is 16.1. The Balaban J connectivity index is 1.83. The molecule has 130 valence electrons. The van der Waals surface area contributed by atoms with Crippen molar-refractivity contribution in [3.05, 3.63) is 24.0 Å². The highest BCUT2D eigenvalue weighted by Crippen LogP contribution is 2.23. The fraction of sp³-hybridized carbons (Fsp3) is 0.579. The number of carbonyl (C=O) groups excluding carboxylic acids is 1. The number of likely N-dealkylation sites (tertiary alicyclic amines) is 1. The molecule has 0 saturated carbocycles. The lowest BCUT2D eigenvalue weighted by Crippen LogP contribution is -2.33. The Morgan fingerprint density at radius 1 is 1.29 bits per heavy atom. The number of benzene rings is 1. The minimum Gasteiger partial charge on any atom is -0.327 e. The monoisotopic (exact) mass is 328 g/mol. The van der Waals surface area contributed by atoms with Crippen LogP contribution in [-0.4, -0.2) is 33.4 Å². The van der Waals surface area contributed by atoms with Gasteiger partial charge in [0, 0.05) is 18.7 Å². The predicted molar refractivity (Wildman–Crippen MR) is 98.0 cm³/mol. The van der Waals surface area contributed by atoms with Crippen molar-refractivity contribution < 1.29 is 4.79 Å². The van der Waals surface area contributed by atoms with Crippen molar-refractivity contribution >= 4 is 22.6 Å². The molecule has 1 amide bonds. The van der Waals surface area contributed by atoms with E-state index in [0.29, 0.717) is 6.42 Å². The van der Waals surface area contributed by atoms with E-state index in [0.717, 1.165) is 54.6 Å². The molecule has 3 rings (SSSR count). The molecule has 1 aromatic carbocycles. The average Bonchev–Trinajstić information content (AvgIpc) is 2.93. The van der Waals surface area contributed by atoms with Crippen molar-refractivity contribution in [3.8, 4) is 0 Å². The minimum absolute atomic E-state index is 0.0342. The zero-order chi connectivity index (χ0) is 17.1. The first kappa shape index (κ1) is 17.0. The van der Waals surface area contributed by atoms with Crippen molar-refractivity contribution in [2.24, 2.45) is 5.92 Å². The quantitative estimate of drug-likeness (QED) is 0.912. The Kier molecular flexibility index (Phi) is 5.19. The Labute approximate surface area is 144 Å². The van der Waals surface area contributed by atoms with E-state index in [1.165, 1.54) is 12.8 Å². The van der Waals surface area contributed by atoms with Crippen LogP contribution in [-0.2, 0) is 17.9 Å². The Morgan fingerprint density at radius 3 is 2.71 bits per heavy atom. The van der Waals surface area contributed by atoms with Gasteiger partial charge in [0.1, 0.15) is 5.82 Å². The third kappa shape index (κ3) is 3.61. The van der Waals surface area contributed by atoms with E-state index in [1.54, 1.807) is 0 Å². The number of hydrogen-bond acceptors (Lipinski definition) is 3. The summed E-state index contributed by atoms with van der Waals surface area (Å²) in [6, 6.07) is 6.02. The number of anilines is 1. The number of nitrogens with zero attached hydrogens (tertiary/aromatic N) is 3. The number of carbonyl (C=O) groups is 1. The van der Waals surface area contributed by atoms with Gasteiger partial charge in [0.15, 0.2) is 0 Å². The van der Waals surface area contributed by atoms with E-state index in [2.05, 4.69) is 34.7 Å². The molecule has 1 saturated heterocycles. The fourth-order valence-electron chi connectivity index (χ4n) is 3.40. The van der Waals surface area contributed by atoms with E-state index in [4.69, 9.17) is 4.98 Å². The third-order valence-corrected chi connectivity index (χ3v) is 4.99. The lowest BCUT2D eigenvalue weighted by Gasteiger charge is -2.29. The van der Waals surface area contributed by atoms with Gasteiger partial charge >= 0.3 is 0 Å². The summed E-state index contributed by atoms with van der Waals surface area (Å²) in [5.74, 6) is 2.00. The molecule has 1 fully saturated rings. The maximum absolute atomic E-state index is 11.6. The summed E-state index contributed by atoms with van der Waals surface area (Å²) < 4.78 is 2.29. The first-order valence-corrected chi connectivity index (χ1v) is 9.12. The third-order valence-electron chi connectivity index (χ3n) is 4.99. The van der Waals surface area contributed by atoms with E-state index < -0.39 is 0 Å². The van der Waals surface area contributed by atoms with Gasteiger partial charge in [-0.05, 0) is 57.0 Å². The van der Waals surface area contributed by atoms with Crippen molar-refractivity contribution in [2.75, 3.05) is 18.4 Å². The summed E-state index contributed by atoms with van der Waals surface area (Å²) in [5, 5.41) is 2.92. The van der Waals surface area contributed by atoms with Gasteiger partial charge in [-0.2, -0.15) is 0 Å². The van der Waals surface area contributed by atoms with Gasteiger partial charge in [-0.15, -0.1) is 0 Å². The van der Waals surface area contributed by atoms with Gasteiger partial charge < -0.3 is 9.88 Å². The predicted octanol–water partition coefficient (Wildman–Crippen LogP) is 3.64. The molecule has 1 aliphatic rings.